The van der Waals surface area contributed by atoms with E-state index in [2.05, 4.69) is 11.2 Å². The van der Waals surface area contributed by atoms with Crippen molar-refractivity contribution in [2.45, 2.75) is 4.90 Å². The van der Waals surface area contributed by atoms with Gasteiger partial charge in [0.1, 0.15) is 11.1 Å². The van der Waals surface area contributed by atoms with Crippen LogP contribution in [0.1, 0.15) is 5.56 Å². The molecule has 1 aromatic heterocycles. The van der Waals surface area contributed by atoms with Crippen LogP contribution in [0.15, 0.2) is 29.3 Å². The molecule has 2 aromatic rings. The molecule has 2 N–H and O–H groups in total. The third-order valence-corrected chi connectivity index (χ3v) is 3.35. The number of hydrogen-bond donors (Lipinski definition) is 1. The molecule has 0 amide bonds. The average molecular weight is 265 g/mol. The van der Waals surface area contributed by atoms with Gasteiger partial charge in [-0.05, 0) is 18.4 Å². The smallest absolute Gasteiger partial charge is 0.164 e. The maximum atomic E-state index is 9.20. The van der Waals surface area contributed by atoms with Gasteiger partial charge in [0.15, 0.2) is 5.82 Å². The van der Waals surface area contributed by atoms with Crippen LogP contribution in [0.4, 0.5) is 5.82 Å². The Hall–Kier alpha value is -1.64. The van der Waals surface area contributed by atoms with Gasteiger partial charge in [0, 0.05) is 4.90 Å². The highest BCUT2D eigenvalue weighted by atomic mass is 35.5. The van der Waals surface area contributed by atoms with Gasteiger partial charge in [-0.3, -0.25) is 0 Å². The van der Waals surface area contributed by atoms with E-state index in [9.17, 15) is 5.26 Å². The summed E-state index contributed by atoms with van der Waals surface area (Å²) < 4.78 is 1.52. The average Bonchev–Trinajstić information content (AvgIpc) is 2.68. The van der Waals surface area contributed by atoms with Crippen molar-refractivity contribution < 1.29 is 0 Å². The van der Waals surface area contributed by atoms with E-state index in [-0.39, 0.29) is 5.82 Å². The van der Waals surface area contributed by atoms with Gasteiger partial charge < -0.3 is 5.73 Å². The summed E-state index contributed by atoms with van der Waals surface area (Å²) in [5, 5.41) is 13.6. The van der Waals surface area contributed by atoms with Crippen LogP contribution < -0.4 is 5.73 Å². The molecule has 1 heterocycles. The molecule has 0 radical (unpaired) electrons. The molecule has 0 fully saturated rings. The maximum absolute atomic E-state index is 9.20. The van der Waals surface area contributed by atoms with E-state index in [0.717, 1.165) is 4.90 Å². The van der Waals surface area contributed by atoms with Gasteiger partial charge >= 0.3 is 0 Å². The second-order valence-corrected chi connectivity index (χ2v) is 4.53. The Morgan fingerprint density at radius 3 is 2.82 bits per heavy atom. The Bertz CT molecular complexity index is 581. The molecule has 0 bridgehead atoms. The molecular weight excluding hydrogens is 256 g/mol. The van der Waals surface area contributed by atoms with Gasteiger partial charge in [0.2, 0.25) is 0 Å². The molecule has 0 aliphatic rings. The van der Waals surface area contributed by atoms with E-state index in [1.54, 1.807) is 12.3 Å². The molecule has 0 saturated heterocycles. The van der Waals surface area contributed by atoms with Crippen molar-refractivity contribution >= 4 is 29.2 Å². The number of nitrogens with zero attached hydrogens (tertiary/aromatic N) is 3. The minimum atomic E-state index is 0.255. The molecule has 6 heteroatoms. The van der Waals surface area contributed by atoms with Gasteiger partial charge in [-0.1, -0.05) is 17.7 Å². The summed E-state index contributed by atoms with van der Waals surface area (Å²) in [7, 11) is 0. The molecule has 4 nitrogen and oxygen atoms in total. The first kappa shape index (κ1) is 11.8. The lowest BCUT2D eigenvalue weighted by Gasteiger charge is -2.06. The predicted octanol–water partition coefficient (Wildman–Crippen LogP) is 2.70. The predicted molar refractivity (Wildman–Crippen MR) is 69.5 cm³/mol. The Morgan fingerprint density at radius 1 is 1.53 bits per heavy atom. The van der Waals surface area contributed by atoms with Crippen molar-refractivity contribution in [3.63, 3.8) is 0 Å². The van der Waals surface area contributed by atoms with Crippen LogP contribution >= 0.6 is 23.4 Å². The summed E-state index contributed by atoms with van der Waals surface area (Å²) >= 11 is 7.36. The molecule has 0 aliphatic heterocycles. The molecule has 0 atom stereocenters. The molecule has 0 saturated carbocycles. The summed E-state index contributed by atoms with van der Waals surface area (Å²) in [5.74, 6) is 0.255. The van der Waals surface area contributed by atoms with Crippen molar-refractivity contribution in [2.75, 3.05) is 12.0 Å². The van der Waals surface area contributed by atoms with E-state index in [1.807, 2.05) is 18.4 Å². The van der Waals surface area contributed by atoms with Crippen LogP contribution in [0.3, 0.4) is 0 Å². The summed E-state index contributed by atoms with van der Waals surface area (Å²) in [5.41, 5.74) is 6.84. The van der Waals surface area contributed by atoms with Crippen molar-refractivity contribution in [3.8, 4) is 11.8 Å². The zero-order chi connectivity index (χ0) is 12.4. The van der Waals surface area contributed by atoms with Gasteiger partial charge in [0.05, 0.1) is 17.4 Å². The highest BCUT2D eigenvalue weighted by Crippen LogP contribution is 2.27. The Labute approximate surface area is 108 Å². The second kappa shape index (κ2) is 4.70. The number of thioether (sulfide) groups is 1. The molecule has 86 valence electrons. The number of halogens is 1. The van der Waals surface area contributed by atoms with E-state index in [0.29, 0.717) is 16.3 Å². The normalized spacial score (nSPS) is 10.2. The largest absolute Gasteiger partial charge is 0.381 e. The molecule has 17 heavy (non-hydrogen) atoms. The zero-order valence-corrected chi connectivity index (χ0v) is 10.6. The highest BCUT2D eigenvalue weighted by Gasteiger charge is 2.11. The van der Waals surface area contributed by atoms with Crippen LogP contribution in [-0.4, -0.2) is 16.0 Å². The standard InChI is InChI=1S/C11H9ClN4S/c1-17-10-4-2-3-9(7(10)5-13)16-6-8(12)11(14)15-16/h2-4,6H,1H3,(H2,14,15). The van der Waals surface area contributed by atoms with Crippen molar-refractivity contribution in [1.29, 1.82) is 5.26 Å². The molecule has 0 unspecified atom stereocenters. The van der Waals surface area contributed by atoms with Gasteiger partial charge in [-0.2, -0.15) is 5.26 Å². The molecule has 0 aliphatic carbocycles. The van der Waals surface area contributed by atoms with Gasteiger partial charge in [-0.25, -0.2) is 4.68 Å². The number of nitrogens with two attached hydrogens (primary N) is 1. The van der Waals surface area contributed by atoms with E-state index >= 15 is 0 Å². The second-order valence-electron chi connectivity index (χ2n) is 3.27. The number of benzene rings is 1. The number of anilines is 1. The first-order chi connectivity index (χ1) is 8.17. The SMILES string of the molecule is CSc1cccc(-n2cc(Cl)c(N)n2)c1C#N. The third kappa shape index (κ3) is 2.09. The fourth-order valence-electron chi connectivity index (χ4n) is 1.48. The minimum absolute atomic E-state index is 0.255. The van der Waals surface area contributed by atoms with Crippen LogP contribution in [0, 0.1) is 11.3 Å². The van der Waals surface area contributed by atoms with E-state index < -0.39 is 0 Å². The third-order valence-electron chi connectivity index (χ3n) is 2.28. The van der Waals surface area contributed by atoms with Crippen LogP contribution in [0.5, 0.6) is 0 Å². The number of nitriles is 1. The van der Waals surface area contributed by atoms with Crippen LogP contribution in [0.25, 0.3) is 5.69 Å². The van der Waals surface area contributed by atoms with Gasteiger partial charge in [0.25, 0.3) is 0 Å². The maximum Gasteiger partial charge on any atom is 0.164 e. The van der Waals surface area contributed by atoms with Crippen LogP contribution in [-0.2, 0) is 0 Å². The number of rotatable bonds is 2. The summed E-state index contributed by atoms with van der Waals surface area (Å²) in [6, 6.07) is 7.74. The summed E-state index contributed by atoms with van der Waals surface area (Å²) in [6.45, 7) is 0. The zero-order valence-electron chi connectivity index (χ0n) is 9.01. The van der Waals surface area contributed by atoms with Crippen molar-refractivity contribution in [3.05, 3.63) is 35.0 Å². The number of nitrogen functional groups attached to an aromatic ring is 1. The topological polar surface area (TPSA) is 67.6 Å². The summed E-state index contributed by atoms with van der Waals surface area (Å²) in [4.78, 5) is 0.898. The number of hydrogen-bond acceptors (Lipinski definition) is 4. The van der Waals surface area contributed by atoms with Crippen LogP contribution in [0.2, 0.25) is 5.02 Å². The minimum Gasteiger partial charge on any atom is -0.381 e. The van der Waals surface area contributed by atoms with Gasteiger partial charge in [-0.15, -0.1) is 16.9 Å². The monoisotopic (exact) mass is 264 g/mol. The first-order valence-corrected chi connectivity index (χ1v) is 6.35. The Morgan fingerprint density at radius 2 is 2.29 bits per heavy atom. The van der Waals surface area contributed by atoms with Crippen molar-refractivity contribution in [2.24, 2.45) is 0 Å². The first-order valence-electron chi connectivity index (χ1n) is 4.75. The Kier molecular flexibility index (Phi) is 3.27. The highest BCUT2D eigenvalue weighted by molar-refractivity contribution is 7.98. The molecule has 1 aromatic carbocycles. The lowest BCUT2D eigenvalue weighted by Crippen LogP contribution is -2.00. The van der Waals surface area contributed by atoms with E-state index in [4.69, 9.17) is 17.3 Å². The molecule has 0 spiro atoms. The lowest BCUT2D eigenvalue weighted by molar-refractivity contribution is 0.878. The lowest BCUT2D eigenvalue weighted by atomic mass is 10.2. The van der Waals surface area contributed by atoms with E-state index in [1.165, 1.54) is 16.4 Å². The fraction of sp³-hybridized carbons (Fsp3) is 0.0909. The summed E-state index contributed by atoms with van der Waals surface area (Å²) in [6.07, 6.45) is 3.52. The fourth-order valence-corrected chi connectivity index (χ4v) is 2.18. The molecule has 2 rings (SSSR count). The molecular formula is C11H9ClN4S. The Balaban J connectivity index is 2.63. The van der Waals surface area contributed by atoms with Crippen molar-refractivity contribution in [1.82, 2.24) is 9.78 Å². The number of aromatic nitrogens is 2. The quantitative estimate of drug-likeness (QED) is 0.847.